The van der Waals surface area contributed by atoms with Gasteiger partial charge < -0.3 is 4.52 Å². The number of likely N-dealkylation sites (tertiary alicyclic amines) is 1. The van der Waals surface area contributed by atoms with Crippen LogP contribution in [0.15, 0.2) is 16.9 Å². The molecule has 0 aromatic carbocycles. The predicted molar refractivity (Wildman–Crippen MR) is 69.6 cm³/mol. The van der Waals surface area contributed by atoms with Gasteiger partial charge in [0, 0.05) is 17.8 Å². The van der Waals surface area contributed by atoms with E-state index in [-0.39, 0.29) is 17.8 Å². The molecule has 2 aromatic heterocycles. The Hall–Kier alpha value is -1.90. The third-order valence-corrected chi connectivity index (χ3v) is 3.72. The lowest BCUT2D eigenvalue weighted by atomic mass is 9.97. The van der Waals surface area contributed by atoms with Gasteiger partial charge in [0.15, 0.2) is 5.82 Å². The molecule has 22 heavy (non-hydrogen) atoms. The minimum absolute atomic E-state index is 0.172. The number of aromatic amines is 1. The maximum Gasteiger partial charge on any atom is 0.396 e. The van der Waals surface area contributed by atoms with E-state index in [2.05, 4.69) is 25.2 Å². The Morgan fingerprint density at radius 1 is 1.36 bits per heavy atom. The minimum Gasteiger partial charge on any atom is -0.338 e. The van der Waals surface area contributed by atoms with E-state index in [1.54, 1.807) is 6.20 Å². The third kappa shape index (κ3) is 3.65. The highest BCUT2D eigenvalue weighted by atomic mass is 19.4. The van der Waals surface area contributed by atoms with Crippen molar-refractivity contribution >= 4 is 0 Å². The highest BCUT2D eigenvalue weighted by Gasteiger charge is 2.31. The molecule has 0 radical (unpaired) electrons. The molecule has 1 fully saturated rings. The SMILES string of the molecule is FC(F)(F)Cc1noc(CN2CCCCC2c2cn[nH]c2)n1. The van der Waals surface area contributed by atoms with Crippen molar-refractivity contribution in [3.05, 3.63) is 29.7 Å². The van der Waals surface area contributed by atoms with Crippen LogP contribution >= 0.6 is 0 Å². The summed E-state index contributed by atoms with van der Waals surface area (Å²) in [4.78, 5) is 5.98. The molecule has 3 rings (SSSR count). The second-order valence-electron chi connectivity index (χ2n) is 5.41. The lowest BCUT2D eigenvalue weighted by molar-refractivity contribution is -0.128. The Morgan fingerprint density at radius 3 is 2.95 bits per heavy atom. The third-order valence-electron chi connectivity index (χ3n) is 3.72. The van der Waals surface area contributed by atoms with E-state index in [1.807, 2.05) is 6.20 Å². The number of aromatic nitrogens is 4. The summed E-state index contributed by atoms with van der Waals surface area (Å²) in [7, 11) is 0. The van der Waals surface area contributed by atoms with Gasteiger partial charge in [-0.05, 0) is 19.4 Å². The number of alkyl halides is 3. The maximum absolute atomic E-state index is 12.3. The van der Waals surface area contributed by atoms with Crippen LogP contribution in [-0.4, -0.2) is 38.0 Å². The summed E-state index contributed by atoms with van der Waals surface area (Å²) >= 11 is 0. The van der Waals surface area contributed by atoms with E-state index in [0.717, 1.165) is 31.4 Å². The molecular weight excluding hydrogens is 299 g/mol. The number of nitrogens with zero attached hydrogens (tertiary/aromatic N) is 4. The smallest absolute Gasteiger partial charge is 0.338 e. The first-order chi connectivity index (χ1) is 10.5. The van der Waals surface area contributed by atoms with Gasteiger partial charge in [-0.2, -0.15) is 23.3 Å². The van der Waals surface area contributed by atoms with E-state index in [4.69, 9.17) is 4.52 Å². The molecule has 1 aliphatic heterocycles. The first-order valence-electron chi connectivity index (χ1n) is 7.12. The zero-order valence-corrected chi connectivity index (χ0v) is 11.8. The predicted octanol–water partition coefficient (Wildman–Crippen LogP) is 2.62. The largest absolute Gasteiger partial charge is 0.396 e. The van der Waals surface area contributed by atoms with Crippen LogP contribution in [0.4, 0.5) is 13.2 Å². The summed E-state index contributed by atoms with van der Waals surface area (Å²) in [5.74, 6) is -0.103. The van der Waals surface area contributed by atoms with Gasteiger partial charge in [0.25, 0.3) is 0 Å². The van der Waals surface area contributed by atoms with Gasteiger partial charge in [-0.1, -0.05) is 11.6 Å². The van der Waals surface area contributed by atoms with Crippen molar-refractivity contribution in [2.45, 2.75) is 44.4 Å². The Kier molecular flexibility index (Phi) is 4.14. The molecule has 0 bridgehead atoms. The molecule has 0 saturated carbocycles. The fourth-order valence-electron chi connectivity index (χ4n) is 2.78. The zero-order chi connectivity index (χ0) is 15.6. The van der Waals surface area contributed by atoms with Crippen molar-refractivity contribution in [2.24, 2.45) is 0 Å². The Labute approximate surface area is 124 Å². The molecule has 1 aliphatic rings. The van der Waals surface area contributed by atoms with Gasteiger partial charge in [-0.25, -0.2) is 0 Å². The molecule has 0 amide bonds. The number of halogens is 3. The van der Waals surface area contributed by atoms with Crippen molar-refractivity contribution in [2.75, 3.05) is 6.54 Å². The van der Waals surface area contributed by atoms with Crippen molar-refractivity contribution < 1.29 is 17.7 Å². The van der Waals surface area contributed by atoms with Crippen molar-refractivity contribution in [3.8, 4) is 0 Å². The first-order valence-corrected chi connectivity index (χ1v) is 7.12. The Balaban J connectivity index is 1.68. The van der Waals surface area contributed by atoms with Crippen LogP contribution < -0.4 is 0 Å². The van der Waals surface area contributed by atoms with Gasteiger partial charge >= 0.3 is 6.18 Å². The molecule has 1 unspecified atom stereocenters. The summed E-state index contributed by atoms with van der Waals surface area (Å²) < 4.78 is 41.9. The molecular formula is C13H16F3N5O. The normalized spacial score (nSPS) is 20.4. The summed E-state index contributed by atoms with van der Waals surface area (Å²) in [6, 6.07) is 0.172. The summed E-state index contributed by atoms with van der Waals surface area (Å²) in [5.41, 5.74) is 1.06. The van der Waals surface area contributed by atoms with Crippen LogP contribution in [0.2, 0.25) is 0 Å². The zero-order valence-electron chi connectivity index (χ0n) is 11.8. The fourth-order valence-corrected chi connectivity index (χ4v) is 2.78. The number of H-pyrrole nitrogens is 1. The summed E-state index contributed by atoms with van der Waals surface area (Å²) in [6.45, 7) is 1.19. The van der Waals surface area contributed by atoms with Crippen LogP contribution in [-0.2, 0) is 13.0 Å². The highest BCUT2D eigenvalue weighted by molar-refractivity contribution is 5.10. The first kappa shape index (κ1) is 15.0. The van der Waals surface area contributed by atoms with Crippen molar-refractivity contribution in [1.29, 1.82) is 0 Å². The Morgan fingerprint density at radius 2 is 2.23 bits per heavy atom. The molecule has 120 valence electrons. The molecule has 9 heteroatoms. The maximum atomic E-state index is 12.3. The minimum atomic E-state index is -4.33. The lowest BCUT2D eigenvalue weighted by Gasteiger charge is -2.34. The van der Waals surface area contributed by atoms with Crippen molar-refractivity contribution in [1.82, 2.24) is 25.2 Å². The van der Waals surface area contributed by atoms with E-state index in [9.17, 15) is 13.2 Å². The lowest BCUT2D eigenvalue weighted by Crippen LogP contribution is -2.32. The highest BCUT2D eigenvalue weighted by Crippen LogP contribution is 2.31. The number of hydrogen-bond acceptors (Lipinski definition) is 5. The molecule has 3 heterocycles. The van der Waals surface area contributed by atoms with Crippen LogP contribution in [0, 0.1) is 0 Å². The second kappa shape index (κ2) is 6.07. The topological polar surface area (TPSA) is 70.8 Å². The number of rotatable bonds is 4. The van der Waals surface area contributed by atoms with Crippen LogP contribution in [0.5, 0.6) is 0 Å². The van der Waals surface area contributed by atoms with Gasteiger partial charge in [0.05, 0.1) is 12.7 Å². The molecule has 0 aliphatic carbocycles. The standard InChI is InChI=1S/C13H16F3N5O/c14-13(15,16)5-11-19-12(22-20-11)8-21-4-2-1-3-10(21)9-6-17-18-7-9/h6-7,10H,1-5,8H2,(H,17,18). The summed E-state index contributed by atoms with van der Waals surface area (Å²) in [6.07, 6.45) is 1.24. The van der Waals surface area contributed by atoms with E-state index < -0.39 is 12.6 Å². The monoisotopic (exact) mass is 315 g/mol. The number of hydrogen-bond donors (Lipinski definition) is 1. The van der Waals surface area contributed by atoms with Crippen LogP contribution in [0.25, 0.3) is 0 Å². The van der Waals surface area contributed by atoms with Crippen LogP contribution in [0.1, 0.15) is 42.6 Å². The Bertz CT molecular complexity index is 595. The van der Waals surface area contributed by atoms with Gasteiger partial charge in [0.2, 0.25) is 5.89 Å². The van der Waals surface area contributed by atoms with Crippen molar-refractivity contribution in [3.63, 3.8) is 0 Å². The molecule has 1 atom stereocenters. The quantitative estimate of drug-likeness (QED) is 0.939. The molecule has 2 aromatic rings. The molecule has 1 saturated heterocycles. The van der Waals surface area contributed by atoms with E-state index in [0.29, 0.717) is 6.54 Å². The van der Waals surface area contributed by atoms with E-state index >= 15 is 0 Å². The number of nitrogens with one attached hydrogen (secondary N) is 1. The fraction of sp³-hybridized carbons (Fsp3) is 0.615. The molecule has 6 nitrogen and oxygen atoms in total. The summed E-state index contributed by atoms with van der Waals surface area (Å²) in [5, 5.41) is 10.1. The second-order valence-corrected chi connectivity index (χ2v) is 5.41. The average Bonchev–Trinajstić information content (AvgIpc) is 3.10. The molecule has 0 spiro atoms. The van der Waals surface area contributed by atoms with Crippen LogP contribution in [0.3, 0.4) is 0 Å². The molecule has 1 N–H and O–H groups in total. The van der Waals surface area contributed by atoms with Gasteiger partial charge in [-0.3, -0.25) is 10.00 Å². The van der Waals surface area contributed by atoms with Gasteiger partial charge in [-0.15, -0.1) is 0 Å². The van der Waals surface area contributed by atoms with Gasteiger partial charge in [0.1, 0.15) is 6.42 Å². The average molecular weight is 315 g/mol. The number of piperidine rings is 1. The van der Waals surface area contributed by atoms with E-state index in [1.165, 1.54) is 0 Å².